The maximum Gasteiger partial charge on any atom is 0.0660 e. The van der Waals surface area contributed by atoms with Gasteiger partial charge < -0.3 is 21.4 Å². The van der Waals surface area contributed by atoms with Crippen LogP contribution in [-0.4, -0.2) is 17.7 Å². The average Bonchev–Trinajstić information content (AvgIpc) is 2.77. The standard InChI is InChI=1S/C18H19N5/c1-13-5-10-21-18-16(3-2-4-17(18)23-13)14(11-19)12-22-15-6-8-20-9-7-15/h2-4,6-9,11-12,19,21,23H,1,5,10H2,(H,20,22)/b14-12+,19-11?. The fourth-order valence-electron chi connectivity index (χ4n) is 2.49. The van der Waals surface area contributed by atoms with Gasteiger partial charge in [-0.2, -0.15) is 0 Å². The predicted molar refractivity (Wildman–Crippen MR) is 96.9 cm³/mol. The molecule has 0 unspecified atom stereocenters. The molecule has 3 rings (SSSR count). The number of hydrogen-bond donors (Lipinski definition) is 4. The van der Waals surface area contributed by atoms with Gasteiger partial charge in [-0.15, -0.1) is 0 Å². The number of anilines is 3. The smallest absolute Gasteiger partial charge is 0.0660 e. The van der Waals surface area contributed by atoms with Crippen LogP contribution in [0.25, 0.3) is 5.57 Å². The lowest BCUT2D eigenvalue weighted by Crippen LogP contribution is -2.03. The summed E-state index contributed by atoms with van der Waals surface area (Å²) in [6.45, 7) is 4.83. The molecule has 1 aromatic carbocycles. The fourth-order valence-corrected chi connectivity index (χ4v) is 2.49. The molecule has 0 atom stereocenters. The van der Waals surface area contributed by atoms with Crippen molar-refractivity contribution in [2.75, 3.05) is 22.5 Å². The third-order valence-corrected chi connectivity index (χ3v) is 3.65. The third-order valence-electron chi connectivity index (χ3n) is 3.65. The quantitative estimate of drug-likeness (QED) is 0.646. The summed E-state index contributed by atoms with van der Waals surface area (Å²) in [5.41, 5.74) is 5.67. The zero-order valence-corrected chi connectivity index (χ0v) is 12.8. The molecule has 23 heavy (non-hydrogen) atoms. The molecule has 0 bridgehead atoms. The molecule has 0 amide bonds. The van der Waals surface area contributed by atoms with Crippen LogP contribution in [0, 0.1) is 5.41 Å². The van der Waals surface area contributed by atoms with E-state index in [1.165, 1.54) is 6.21 Å². The summed E-state index contributed by atoms with van der Waals surface area (Å²) in [6, 6.07) is 9.76. The Morgan fingerprint density at radius 3 is 2.87 bits per heavy atom. The predicted octanol–water partition coefficient (Wildman–Crippen LogP) is 3.93. The van der Waals surface area contributed by atoms with E-state index < -0.39 is 0 Å². The number of rotatable bonds is 4. The van der Waals surface area contributed by atoms with Crippen molar-refractivity contribution in [1.82, 2.24) is 4.98 Å². The summed E-state index contributed by atoms with van der Waals surface area (Å²) >= 11 is 0. The Hall–Kier alpha value is -3.08. The number of benzene rings is 1. The van der Waals surface area contributed by atoms with E-state index in [0.717, 1.165) is 46.9 Å². The van der Waals surface area contributed by atoms with Crippen LogP contribution in [0.1, 0.15) is 12.0 Å². The Kier molecular flexibility index (Phi) is 4.38. The van der Waals surface area contributed by atoms with Crippen LogP contribution in [-0.2, 0) is 0 Å². The average molecular weight is 305 g/mol. The molecule has 0 aliphatic carbocycles. The molecule has 1 aromatic heterocycles. The van der Waals surface area contributed by atoms with Crippen molar-refractivity contribution in [2.24, 2.45) is 0 Å². The van der Waals surface area contributed by atoms with Gasteiger partial charge in [-0.1, -0.05) is 18.7 Å². The van der Waals surface area contributed by atoms with E-state index in [1.807, 2.05) is 36.5 Å². The van der Waals surface area contributed by atoms with E-state index in [1.54, 1.807) is 12.4 Å². The molecule has 0 radical (unpaired) electrons. The number of pyridine rings is 1. The summed E-state index contributed by atoms with van der Waals surface area (Å²) in [6.07, 6.45) is 7.51. The first kappa shape index (κ1) is 14.8. The number of allylic oxidation sites excluding steroid dienone is 1. The van der Waals surface area contributed by atoms with Crippen LogP contribution in [0.4, 0.5) is 17.1 Å². The van der Waals surface area contributed by atoms with Crippen LogP contribution in [0.15, 0.2) is 61.2 Å². The minimum Gasteiger partial charge on any atom is -0.382 e. The maximum atomic E-state index is 7.76. The molecule has 5 nitrogen and oxygen atoms in total. The molecule has 1 aliphatic rings. The Balaban J connectivity index is 1.94. The van der Waals surface area contributed by atoms with Gasteiger partial charge in [-0.05, 0) is 18.2 Å². The van der Waals surface area contributed by atoms with E-state index >= 15 is 0 Å². The second-order valence-electron chi connectivity index (χ2n) is 5.26. The minimum atomic E-state index is 0.792. The lowest BCUT2D eigenvalue weighted by atomic mass is 10.0. The van der Waals surface area contributed by atoms with Gasteiger partial charge in [-0.3, -0.25) is 4.98 Å². The number of nitrogens with one attached hydrogen (secondary N) is 4. The van der Waals surface area contributed by atoms with Crippen LogP contribution in [0.5, 0.6) is 0 Å². The van der Waals surface area contributed by atoms with E-state index in [0.29, 0.717) is 0 Å². The lowest BCUT2D eigenvalue weighted by molar-refractivity contribution is 1.03. The van der Waals surface area contributed by atoms with Gasteiger partial charge in [-0.25, -0.2) is 0 Å². The normalized spacial score (nSPS) is 14.1. The third kappa shape index (κ3) is 3.40. The lowest BCUT2D eigenvalue weighted by Gasteiger charge is -2.14. The molecular weight excluding hydrogens is 286 g/mol. The summed E-state index contributed by atoms with van der Waals surface area (Å²) in [5, 5.41) is 17.7. The molecule has 2 heterocycles. The van der Waals surface area contributed by atoms with Crippen molar-refractivity contribution in [3.63, 3.8) is 0 Å². The number of aromatic nitrogens is 1. The summed E-state index contributed by atoms with van der Waals surface area (Å²) in [5.74, 6) is 0. The Bertz CT molecular complexity index is 749. The zero-order chi connectivity index (χ0) is 16.1. The van der Waals surface area contributed by atoms with Crippen molar-refractivity contribution >= 4 is 28.8 Å². The number of nitrogens with zero attached hydrogens (tertiary/aromatic N) is 1. The van der Waals surface area contributed by atoms with Crippen molar-refractivity contribution in [3.05, 3.63) is 66.8 Å². The molecule has 0 spiro atoms. The number of fused-ring (bicyclic) bond motifs is 1. The molecule has 116 valence electrons. The number of para-hydroxylation sites is 1. The maximum absolute atomic E-state index is 7.76. The van der Waals surface area contributed by atoms with Gasteiger partial charge in [0, 0.05) is 60.3 Å². The molecule has 5 heteroatoms. The summed E-state index contributed by atoms with van der Waals surface area (Å²) in [7, 11) is 0. The Morgan fingerprint density at radius 2 is 2.09 bits per heavy atom. The summed E-state index contributed by atoms with van der Waals surface area (Å²) < 4.78 is 0. The largest absolute Gasteiger partial charge is 0.382 e. The highest BCUT2D eigenvalue weighted by Crippen LogP contribution is 2.33. The second kappa shape index (κ2) is 6.79. The molecule has 0 fully saturated rings. The van der Waals surface area contributed by atoms with Gasteiger partial charge in [0.15, 0.2) is 0 Å². The van der Waals surface area contributed by atoms with Crippen molar-refractivity contribution < 1.29 is 0 Å². The highest BCUT2D eigenvalue weighted by Gasteiger charge is 2.14. The SMILES string of the molecule is C=C1CCNc2c(cccc2/C(C=N)=C/Nc2ccncc2)N1. The van der Waals surface area contributed by atoms with E-state index in [9.17, 15) is 0 Å². The van der Waals surface area contributed by atoms with Crippen molar-refractivity contribution in [1.29, 1.82) is 5.41 Å². The molecule has 4 N–H and O–H groups in total. The first-order valence-electron chi connectivity index (χ1n) is 7.47. The Morgan fingerprint density at radius 1 is 1.26 bits per heavy atom. The monoisotopic (exact) mass is 305 g/mol. The Labute approximate surface area is 135 Å². The molecule has 1 aliphatic heterocycles. The van der Waals surface area contributed by atoms with E-state index in [4.69, 9.17) is 5.41 Å². The highest BCUT2D eigenvalue weighted by molar-refractivity contribution is 6.12. The van der Waals surface area contributed by atoms with Crippen molar-refractivity contribution in [2.45, 2.75) is 6.42 Å². The van der Waals surface area contributed by atoms with Crippen LogP contribution in [0.2, 0.25) is 0 Å². The van der Waals surface area contributed by atoms with Crippen LogP contribution < -0.4 is 16.0 Å². The van der Waals surface area contributed by atoms with Gasteiger partial charge in [0.25, 0.3) is 0 Å². The van der Waals surface area contributed by atoms with Crippen LogP contribution >= 0.6 is 0 Å². The van der Waals surface area contributed by atoms with Gasteiger partial charge in [0.05, 0.1) is 11.4 Å². The number of hydrogen-bond acceptors (Lipinski definition) is 5. The van der Waals surface area contributed by atoms with Gasteiger partial charge in [0.1, 0.15) is 0 Å². The van der Waals surface area contributed by atoms with Gasteiger partial charge in [0.2, 0.25) is 0 Å². The molecule has 0 saturated heterocycles. The van der Waals surface area contributed by atoms with E-state index in [-0.39, 0.29) is 0 Å². The highest BCUT2D eigenvalue weighted by atomic mass is 15.0. The fraction of sp³-hybridized carbons (Fsp3) is 0.111. The van der Waals surface area contributed by atoms with E-state index in [2.05, 4.69) is 27.5 Å². The second-order valence-corrected chi connectivity index (χ2v) is 5.26. The topological polar surface area (TPSA) is 72.8 Å². The first-order chi connectivity index (χ1) is 11.3. The van der Waals surface area contributed by atoms with Crippen LogP contribution in [0.3, 0.4) is 0 Å². The zero-order valence-electron chi connectivity index (χ0n) is 12.8. The molecule has 2 aromatic rings. The van der Waals surface area contributed by atoms with Crippen molar-refractivity contribution in [3.8, 4) is 0 Å². The molecular formula is C18H19N5. The first-order valence-corrected chi connectivity index (χ1v) is 7.47. The molecule has 0 saturated carbocycles. The minimum absolute atomic E-state index is 0.792. The van der Waals surface area contributed by atoms with Gasteiger partial charge >= 0.3 is 0 Å². The summed E-state index contributed by atoms with van der Waals surface area (Å²) in [4.78, 5) is 3.99.